The summed E-state index contributed by atoms with van der Waals surface area (Å²) in [4.78, 5) is 13.3. The zero-order valence-electron chi connectivity index (χ0n) is 11.5. The first-order valence-electron chi connectivity index (χ1n) is 6.88. The normalized spacial score (nSPS) is 20.9. The highest BCUT2D eigenvalue weighted by molar-refractivity contribution is 5.62. The lowest BCUT2D eigenvalue weighted by molar-refractivity contribution is -0.113. The van der Waals surface area contributed by atoms with Gasteiger partial charge in [-0.2, -0.15) is 0 Å². The van der Waals surface area contributed by atoms with E-state index < -0.39 is 5.66 Å². The van der Waals surface area contributed by atoms with Crippen LogP contribution in [0.1, 0.15) is 25.3 Å². The average molecular weight is 261 g/mol. The minimum atomic E-state index is -0.897. The SMILES string of the molecule is C[C@@](N)(C=O)NC1CCN(Cc2ccccc2)CC1. The van der Waals surface area contributed by atoms with Crippen molar-refractivity contribution >= 4 is 6.29 Å². The van der Waals surface area contributed by atoms with Crippen LogP contribution in [0.2, 0.25) is 0 Å². The van der Waals surface area contributed by atoms with E-state index in [1.807, 2.05) is 6.07 Å². The summed E-state index contributed by atoms with van der Waals surface area (Å²) in [7, 11) is 0. The van der Waals surface area contributed by atoms with Crippen LogP contribution in [0.25, 0.3) is 0 Å². The van der Waals surface area contributed by atoms with Gasteiger partial charge in [-0.15, -0.1) is 0 Å². The number of benzene rings is 1. The van der Waals surface area contributed by atoms with Crippen molar-refractivity contribution in [1.82, 2.24) is 10.2 Å². The zero-order valence-corrected chi connectivity index (χ0v) is 11.5. The fourth-order valence-electron chi connectivity index (χ4n) is 2.55. The summed E-state index contributed by atoms with van der Waals surface area (Å²) in [6.07, 6.45) is 2.85. The number of carbonyl (C=O) groups excluding carboxylic acids is 1. The molecule has 0 aromatic heterocycles. The molecule has 1 saturated heterocycles. The van der Waals surface area contributed by atoms with Crippen molar-refractivity contribution in [1.29, 1.82) is 0 Å². The van der Waals surface area contributed by atoms with Crippen molar-refractivity contribution in [3.8, 4) is 0 Å². The molecule has 1 fully saturated rings. The number of nitrogens with zero attached hydrogens (tertiary/aromatic N) is 1. The second-order valence-corrected chi connectivity index (χ2v) is 5.58. The number of hydrogen-bond donors (Lipinski definition) is 2. The maximum atomic E-state index is 10.8. The van der Waals surface area contributed by atoms with Gasteiger partial charge in [-0.25, -0.2) is 0 Å². The largest absolute Gasteiger partial charge is 0.308 e. The number of nitrogens with one attached hydrogen (secondary N) is 1. The van der Waals surface area contributed by atoms with Gasteiger partial charge in [0.05, 0.1) is 0 Å². The van der Waals surface area contributed by atoms with Gasteiger partial charge in [0.1, 0.15) is 5.66 Å². The van der Waals surface area contributed by atoms with Crippen LogP contribution < -0.4 is 11.1 Å². The predicted octanol–water partition coefficient (Wildman–Crippen LogP) is 1.11. The third-order valence-electron chi connectivity index (χ3n) is 3.60. The van der Waals surface area contributed by atoms with E-state index >= 15 is 0 Å². The number of rotatable bonds is 5. The summed E-state index contributed by atoms with van der Waals surface area (Å²) in [6, 6.07) is 10.9. The van der Waals surface area contributed by atoms with Crippen LogP contribution in [0, 0.1) is 0 Å². The molecule has 1 aromatic rings. The Labute approximate surface area is 115 Å². The van der Waals surface area contributed by atoms with E-state index in [1.54, 1.807) is 6.92 Å². The molecule has 0 unspecified atom stereocenters. The number of hydrogen-bond acceptors (Lipinski definition) is 4. The monoisotopic (exact) mass is 261 g/mol. The standard InChI is InChI=1S/C15H23N3O/c1-15(16,12-19)17-14-7-9-18(10-8-14)11-13-5-3-2-4-6-13/h2-6,12,14,17H,7-11,16H2,1H3/t15-/m0/s1. The van der Waals surface area contributed by atoms with Gasteiger partial charge in [-0.3, -0.25) is 15.0 Å². The first kappa shape index (κ1) is 14.2. The number of likely N-dealkylation sites (tertiary alicyclic amines) is 1. The first-order chi connectivity index (χ1) is 9.09. The molecular weight excluding hydrogens is 238 g/mol. The maximum absolute atomic E-state index is 10.8. The Balaban J connectivity index is 1.78. The van der Waals surface area contributed by atoms with Crippen LogP contribution in [-0.2, 0) is 11.3 Å². The molecule has 4 nitrogen and oxygen atoms in total. The van der Waals surface area contributed by atoms with Crippen LogP contribution in [0.5, 0.6) is 0 Å². The number of aldehydes is 1. The molecule has 1 aliphatic heterocycles. The Bertz CT molecular complexity index is 397. The third kappa shape index (κ3) is 4.42. The smallest absolute Gasteiger partial charge is 0.154 e. The molecular formula is C15H23N3O. The number of carbonyl (C=O) groups is 1. The second kappa shape index (κ2) is 6.28. The molecule has 0 radical (unpaired) electrons. The van der Waals surface area contributed by atoms with E-state index in [9.17, 15) is 4.79 Å². The fourth-order valence-corrected chi connectivity index (χ4v) is 2.55. The van der Waals surface area contributed by atoms with Gasteiger partial charge in [0.15, 0.2) is 6.29 Å². The number of nitrogens with two attached hydrogens (primary N) is 1. The third-order valence-corrected chi connectivity index (χ3v) is 3.60. The molecule has 1 aromatic carbocycles. The minimum absolute atomic E-state index is 0.340. The lowest BCUT2D eigenvalue weighted by Gasteiger charge is -2.35. The Kier molecular flexibility index (Phi) is 4.69. The van der Waals surface area contributed by atoms with Crippen molar-refractivity contribution in [2.24, 2.45) is 5.73 Å². The van der Waals surface area contributed by atoms with E-state index in [1.165, 1.54) is 5.56 Å². The quantitative estimate of drug-likeness (QED) is 0.616. The molecule has 19 heavy (non-hydrogen) atoms. The molecule has 0 bridgehead atoms. The molecule has 0 saturated carbocycles. The van der Waals surface area contributed by atoms with E-state index in [0.29, 0.717) is 6.04 Å². The summed E-state index contributed by atoms with van der Waals surface area (Å²) >= 11 is 0. The van der Waals surface area contributed by atoms with Gasteiger partial charge < -0.3 is 5.73 Å². The minimum Gasteiger partial charge on any atom is -0.308 e. The zero-order chi connectivity index (χ0) is 13.7. The van der Waals surface area contributed by atoms with E-state index in [2.05, 4.69) is 34.5 Å². The molecule has 2 rings (SSSR count). The molecule has 1 heterocycles. The second-order valence-electron chi connectivity index (χ2n) is 5.58. The van der Waals surface area contributed by atoms with Gasteiger partial charge >= 0.3 is 0 Å². The lowest BCUT2D eigenvalue weighted by atomic mass is 10.0. The molecule has 0 spiro atoms. The molecule has 104 valence electrons. The Morgan fingerprint density at radius 2 is 2.00 bits per heavy atom. The summed E-state index contributed by atoms with van der Waals surface area (Å²) in [5.74, 6) is 0. The van der Waals surface area contributed by atoms with E-state index in [0.717, 1.165) is 38.8 Å². The summed E-state index contributed by atoms with van der Waals surface area (Å²) in [6.45, 7) is 4.81. The van der Waals surface area contributed by atoms with Crippen molar-refractivity contribution in [2.45, 2.75) is 38.0 Å². The first-order valence-corrected chi connectivity index (χ1v) is 6.88. The van der Waals surface area contributed by atoms with Crippen molar-refractivity contribution in [2.75, 3.05) is 13.1 Å². The Morgan fingerprint density at radius 3 is 2.58 bits per heavy atom. The van der Waals surface area contributed by atoms with Gasteiger partial charge in [0.2, 0.25) is 0 Å². The van der Waals surface area contributed by atoms with Gasteiger partial charge in [-0.05, 0) is 38.4 Å². The van der Waals surface area contributed by atoms with Crippen LogP contribution in [0.3, 0.4) is 0 Å². The summed E-state index contributed by atoms with van der Waals surface area (Å²) in [5.41, 5.74) is 6.27. The van der Waals surface area contributed by atoms with Gasteiger partial charge in [0, 0.05) is 12.6 Å². The van der Waals surface area contributed by atoms with Crippen LogP contribution in [0.4, 0.5) is 0 Å². The molecule has 4 heteroatoms. The Morgan fingerprint density at radius 1 is 1.37 bits per heavy atom. The molecule has 0 amide bonds. The fraction of sp³-hybridized carbons (Fsp3) is 0.533. The molecule has 0 aliphatic carbocycles. The van der Waals surface area contributed by atoms with Gasteiger partial charge in [0.25, 0.3) is 0 Å². The average Bonchev–Trinajstić information content (AvgIpc) is 2.42. The Hall–Kier alpha value is -1.23. The van der Waals surface area contributed by atoms with Gasteiger partial charge in [-0.1, -0.05) is 30.3 Å². The van der Waals surface area contributed by atoms with Crippen molar-refractivity contribution in [3.63, 3.8) is 0 Å². The molecule has 1 aliphatic rings. The van der Waals surface area contributed by atoms with Crippen LogP contribution in [0.15, 0.2) is 30.3 Å². The summed E-state index contributed by atoms with van der Waals surface area (Å²) in [5, 5.41) is 3.21. The maximum Gasteiger partial charge on any atom is 0.154 e. The van der Waals surface area contributed by atoms with Crippen molar-refractivity contribution < 1.29 is 4.79 Å². The van der Waals surface area contributed by atoms with Crippen LogP contribution in [-0.4, -0.2) is 36.0 Å². The predicted molar refractivity (Wildman–Crippen MR) is 76.5 cm³/mol. The van der Waals surface area contributed by atoms with Crippen LogP contribution >= 0.6 is 0 Å². The molecule has 3 N–H and O–H groups in total. The summed E-state index contributed by atoms with van der Waals surface area (Å²) < 4.78 is 0. The molecule has 1 atom stereocenters. The highest BCUT2D eigenvalue weighted by Gasteiger charge is 2.25. The number of piperidine rings is 1. The van der Waals surface area contributed by atoms with E-state index in [4.69, 9.17) is 5.73 Å². The lowest BCUT2D eigenvalue weighted by Crippen LogP contribution is -2.58. The highest BCUT2D eigenvalue weighted by atomic mass is 16.1. The van der Waals surface area contributed by atoms with E-state index in [-0.39, 0.29) is 0 Å². The topological polar surface area (TPSA) is 58.4 Å². The highest BCUT2D eigenvalue weighted by Crippen LogP contribution is 2.14. The van der Waals surface area contributed by atoms with Crippen molar-refractivity contribution in [3.05, 3.63) is 35.9 Å².